The Bertz CT molecular complexity index is 647. The van der Waals surface area contributed by atoms with E-state index in [4.69, 9.17) is 11.6 Å². The highest BCUT2D eigenvalue weighted by Gasteiger charge is 2.31. The first-order chi connectivity index (χ1) is 9.83. The first-order valence-corrected chi connectivity index (χ1v) is 5.87. The zero-order valence-electron chi connectivity index (χ0n) is 10.2. The van der Waals surface area contributed by atoms with Crippen molar-refractivity contribution < 1.29 is 22.7 Å². The summed E-state index contributed by atoms with van der Waals surface area (Å²) in [5.74, 6) is -0.789. The fraction of sp³-hybridized carbons (Fsp3) is 0.0833. The van der Waals surface area contributed by atoms with Gasteiger partial charge in [0.15, 0.2) is 0 Å². The smallest absolute Gasteiger partial charge is 0.406 e. The van der Waals surface area contributed by atoms with Gasteiger partial charge in [0, 0.05) is 11.8 Å². The van der Waals surface area contributed by atoms with E-state index >= 15 is 0 Å². The maximum atomic E-state index is 12.0. The minimum atomic E-state index is -4.78. The van der Waals surface area contributed by atoms with E-state index in [0.717, 1.165) is 12.1 Å². The molecule has 1 aromatic carbocycles. The highest BCUT2D eigenvalue weighted by Crippen LogP contribution is 2.22. The lowest BCUT2D eigenvalue weighted by atomic mass is 10.2. The number of alkyl halides is 3. The number of anilines is 1. The van der Waals surface area contributed by atoms with E-state index in [0.29, 0.717) is 0 Å². The standard InChI is InChI=1S/C12H7ClF3N3O2/c13-11-17-6-5-9(19-11)18-10(20)7-1-3-8(4-2-7)21-12(14,15)16/h1-6H,(H,17,18,19,20). The maximum absolute atomic E-state index is 12.0. The van der Waals surface area contributed by atoms with Gasteiger partial charge < -0.3 is 10.1 Å². The number of aromatic nitrogens is 2. The molecule has 0 aliphatic rings. The summed E-state index contributed by atoms with van der Waals surface area (Å²) in [6, 6.07) is 5.88. The summed E-state index contributed by atoms with van der Waals surface area (Å²) < 4.78 is 39.7. The van der Waals surface area contributed by atoms with Crippen LogP contribution in [0.25, 0.3) is 0 Å². The Morgan fingerprint density at radius 1 is 1.19 bits per heavy atom. The average Bonchev–Trinajstić information content (AvgIpc) is 2.37. The van der Waals surface area contributed by atoms with Gasteiger partial charge in [0.25, 0.3) is 5.91 Å². The lowest BCUT2D eigenvalue weighted by molar-refractivity contribution is -0.274. The van der Waals surface area contributed by atoms with Crippen LogP contribution in [0.5, 0.6) is 5.75 Å². The highest BCUT2D eigenvalue weighted by molar-refractivity contribution is 6.28. The molecule has 2 rings (SSSR count). The molecular weight excluding hydrogens is 311 g/mol. The summed E-state index contributed by atoms with van der Waals surface area (Å²) in [7, 11) is 0. The van der Waals surface area contributed by atoms with Gasteiger partial charge >= 0.3 is 6.36 Å². The Morgan fingerprint density at radius 2 is 1.86 bits per heavy atom. The molecule has 0 aliphatic heterocycles. The van der Waals surface area contributed by atoms with Crippen LogP contribution in [-0.2, 0) is 0 Å². The predicted molar refractivity (Wildman–Crippen MR) is 68.1 cm³/mol. The van der Waals surface area contributed by atoms with Crippen LogP contribution < -0.4 is 10.1 Å². The molecule has 21 heavy (non-hydrogen) atoms. The largest absolute Gasteiger partial charge is 0.573 e. The molecule has 1 amide bonds. The van der Waals surface area contributed by atoms with Gasteiger partial charge in [0.2, 0.25) is 5.28 Å². The molecule has 1 heterocycles. The molecule has 0 spiro atoms. The molecule has 0 saturated heterocycles. The number of nitrogens with one attached hydrogen (secondary N) is 1. The van der Waals surface area contributed by atoms with Crippen LogP contribution in [-0.4, -0.2) is 22.2 Å². The Kier molecular flexibility index (Phi) is 4.27. The van der Waals surface area contributed by atoms with E-state index in [1.54, 1.807) is 0 Å². The van der Waals surface area contributed by atoms with Gasteiger partial charge in [-0.2, -0.15) is 0 Å². The van der Waals surface area contributed by atoms with Gasteiger partial charge in [-0.1, -0.05) is 0 Å². The zero-order chi connectivity index (χ0) is 15.5. The lowest BCUT2D eigenvalue weighted by Crippen LogP contribution is -2.17. The van der Waals surface area contributed by atoms with Crippen molar-refractivity contribution in [2.75, 3.05) is 5.32 Å². The number of benzene rings is 1. The molecule has 0 saturated carbocycles. The summed E-state index contributed by atoms with van der Waals surface area (Å²) in [6.45, 7) is 0. The molecule has 110 valence electrons. The average molecular weight is 318 g/mol. The van der Waals surface area contributed by atoms with E-state index in [1.807, 2.05) is 0 Å². The van der Waals surface area contributed by atoms with Crippen LogP contribution in [0.2, 0.25) is 5.28 Å². The number of carbonyl (C=O) groups is 1. The van der Waals surface area contributed by atoms with Gasteiger partial charge in [-0.05, 0) is 41.9 Å². The number of hydrogen-bond donors (Lipinski definition) is 1. The Morgan fingerprint density at radius 3 is 2.43 bits per heavy atom. The van der Waals surface area contributed by atoms with Crippen LogP contribution in [0, 0.1) is 0 Å². The van der Waals surface area contributed by atoms with Crippen molar-refractivity contribution in [3.05, 3.63) is 47.4 Å². The number of rotatable bonds is 3. The number of hydrogen-bond acceptors (Lipinski definition) is 4. The SMILES string of the molecule is O=C(Nc1ccnc(Cl)n1)c1ccc(OC(F)(F)F)cc1. The first kappa shape index (κ1) is 15.0. The van der Waals surface area contributed by atoms with Crippen molar-refractivity contribution >= 4 is 23.3 Å². The number of halogens is 4. The molecule has 9 heteroatoms. The number of amides is 1. The molecule has 0 fully saturated rings. The molecule has 5 nitrogen and oxygen atoms in total. The Balaban J connectivity index is 2.06. The van der Waals surface area contributed by atoms with Crippen LogP contribution in [0.1, 0.15) is 10.4 Å². The summed E-state index contributed by atoms with van der Waals surface area (Å²) in [5.41, 5.74) is 0.138. The predicted octanol–water partition coefficient (Wildman–Crippen LogP) is 3.28. The van der Waals surface area contributed by atoms with Crippen LogP contribution in [0.4, 0.5) is 19.0 Å². The van der Waals surface area contributed by atoms with Crippen LogP contribution >= 0.6 is 11.6 Å². The maximum Gasteiger partial charge on any atom is 0.573 e. The van der Waals surface area contributed by atoms with E-state index in [9.17, 15) is 18.0 Å². The second-order valence-corrected chi connectivity index (χ2v) is 4.08. The molecule has 0 atom stereocenters. The van der Waals surface area contributed by atoms with Gasteiger partial charge in [0.05, 0.1) is 0 Å². The van der Waals surface area contributed by atoms with Gasteiger partial charge in [-0.25, -0.2) is 9.97 Å². The molecule has 0 aliphatic carbocycles. The quantitative estimate of drug-likeness (QED) is 0.882. The van der Waals surface area contributed by atoms with Crippen molar-refractivity contribution in [1.29, 1.82) is 0 Å². The Labute approximate surface area is 121 Å². The van der Waals surface area contributed by atoms with Crippen molar-refractivity contribution in [2.45, 2.75) is 6.36 Å². The van der Waals surface area contributed by atoms with Gasteiger partial charge in [-0.3, -0.25) is 4.79 Å². The first-order valence-electron chi connectivity index (χ1n) is 5.49. The molecule has 2 aromatic rings. The third kappa shape index (κ3) is 4.60. The normalized spacial score (nSPS) is 11.0. The van der Waals surface area contributed by atoms with Gasteiger partial charge in [-0.15, -0.1) is 13.2 Å². The summed E-state index contributed by atoms with van der Waals surface area (Å²) in [4.78, 5) is 19.2. The minimum absolute atomic E-state index is 0.0401. The Hall–Kier alpha value is -2.35. The van der Waals surface area contributed by atoms with E-state index in [-0.39, 0.29) is 16.7 Å². The third-order valence-corrected chi connectivity index (χ3v) is 2.40. The second kappa shape index (κ2) is 5.96. The molecular formula is C12H7ClF3N3O2. The van der Waals surface area contributed by atoms with Crippen molar-refractivity contribution in [3.8, 4) is 5.75 Å². The summed E-state index contributed by atoms with van der Waals surface area (Å²) in [5, 5.41) is 2.39. The summed E-state index contributed by atoms with van der Waals surface area (Å²) >= 11 is 5.56. The fourth-order valence-corrected chi connectivity index (χ4v) is 1.55. The number of carbonyl (C=O) groups excluding carboxylic acids is 1. The molecule has 0 unspecified atom stereocenters. The molecule has 1 aromatic heterocycles. The molecule has 0 bridgehead atoms. The van der Waals surface area contributed by atoms with E-state index in [2.05, 4.69) is 20.0 Å². The molecule has 0 radical (unpaired) electrons. The third-order valence-electron chi connectivity index (χ3n) is 2.22. The molecule has 1 N–H and O–H groups in total. The van der Waals surface area contributed by atoms with Crippen molar-refractivity contribution in [3.63, 3.8) is 0 Å². The van der Waals surface area contributed by atoms with E-state index in [1.165, 1.54) is 24.4 Å². The van der Waals surface area contributed by atoms with Crippen molar-refractivity contribution in [1.82, 2.24) is 9.97 Å². The highest BCUT2D eigenvalue weighted by atomic mass is 35.5. The van der Waals surface area contributed by atoms with Crippen LogP contribution in [0.3, 0.4) is 0 Å². The minimum Gasteiger partial charge on any atom is -0.406 e. The van der Waals surface area contributed by atoms with Crippen molar-refractivity contribution in [2.24, 2.45) is 0 Å². The van der Waals surface area contributed by atoms with E-state index < -0.39 is 18.0 Å². The van der Waals surface area contributed by atoms with Crippen LogP contribution in [0.15, 0.2) is 36.5 Å². The fourth-order valence-electron chi connectivity index (χ4n) is 1.40. The number of nitrogens with zero attached hydrogens (tertiary/aromatic N) is 2. The second-order valence-electron chi connectivity index (χ2n) is 3.74. The van der Waals surface area contributed by atoms with Gasteiger partial charge in [0.1, 0.15) is 11.6 Å². The zero-order valence-corrected chi connectivity index (χ0v) is 10.9. The monoisotopic (exact) mass is 317 g/mol. The summed E-state index contributed by atoms with van der Waals surface area (Å²) in [6.07, 6.45) is -3.42. The topological polar surface area (TPSA) is 64.1 Å². The number of ether oxygens (including phenoxy) is 1. The lowest BCUT2D eigenvalue weighted by Gasteiger charge is -2.09.